The van der Waals surface area contributed by atoms with Crippen molar-refractivity contribution in [2.45, 2.75) is 46.3 Å². The van der Waals surface area contributed by atoms with E-state index >= 15 is 0 Å². The Kier molecular flexibility index (Phi) is 6.60. The van der Waals surface area contributed by atoms with Gasteiger partial charge in [-0.15, -0.1) is 0 Å². The predicted octanol–water partition coefficient (Wildman–Crippen LogP) is 1.83. The van der Waals surface area contributed by atoms with Gasteiger partial charge in [-0.2, -0.15) is 11.8 Å². The van der Waals surface area contributed by atoms with Gasteiger partial charge in [0, 0.05) is 0 Å². The lowest BCUT2D eigenvalue weighted by Gasteiger charge is -2.26. The maximum atomic E-state index is 11.9. The highest BCUT2D eigenvalue weighted by Gasteiger charge is 2.28. The molecule has 0 radical (unpaired) electrons. The number of hydrogen-bond acceptors (Lipinski definition) is 4. The molecule has 0 heterocycles. The molecule has 1 amide bonds. The number of rotatable bonds is 5. The maximum Gasteiger partial charge on any atom is 0.329 e. The van der Waals surface area contributed by atoms with Crippen LogP contribution in [0.4, 0.5) is 0 Å². The number of esters is 1. The first-order valence-electron chi connectivity index (χ1n) is 5.68. The number of amides is 1. The second kappa shape index (κ2) is 6.89. The zero-order valence-corrected chi connectivity index (χ0v) is 12.3. The molecule has 5 heteroatoms. The first kappa shape index (κ1) is 16.3. The van der Waals surface area contributed by atoms with Gasteiger partial charge in [-0.25, -0.2) is 4.79 Å². The summed E-state index contributed by atoms with van der Waals surface area (Å²) in [7, 11) is 0. The Bertz CT molecular complexity index is 271. The minimum Gasteiger partial charge on any atom is -0.458 e. The monoisotopic (exact) mass is 261 g/mol. The number of carbonyl (C=O) groups is 2. The van der Waals surface area contributed by atoms with E-state index in [1.54, 1.807) is 0 Å². The van der Waals surface area contributed by atoms with Crippen LogP contribution in [0, 0.1) is 5.92 Å². The molecule has 0 rings (SSSR count). The lowest BCUT2D eigenvalue weighted by Crippen LogP contribution is -2.47. The standard InChI is InChI=1S/C12H23NO3S/c1-8(2)10(13-9(14)7-17-6)11(15)16-12(3,4)5/h8,10H,7H2,1-6H3,(H,13,14)/t10-/m0/s1. The molecule has 0 saturated heterocycles. The van der Waals surface area contributed by atoms with Gasteiger partial charge in [-0.3, -0.25) is 4.79 Å². The fourth-order valence-corrected chi connectivity index (χ4v) is 1.55. The van der Waals surface area contributed by atoms with Crippen molar-refractivity contribution >= 4 is 23.6 Å². The molecular formula is C12H23NO3S. The van der Waals surface area contributed by atoms with Crippen molar-refractivity contribution < 1.29 is 14.3 Å². The van der Waals surface area contributed by atoms with Crippen LogP contribution in [0.25, 0.3) is 0 Å². The van der Waals surface area contributed by atoms with Crippen LogP contribution in [0.1, 0.15) is 34.6 Å². The van der Waals surface area contributed by atoms with Gasteiger partial charge in [0.05, 0.1) is 5.75 Å². The topological polar surface area (TPSA) is 55.4 Å². The Morgan fingerprint density at radius 3 is 2.18 bits per heavy atom. The Labute approximate surface area is 108 Å². The van der Waals surface area contributed by atoms with Crippen molar-refractivity contribution in [3.05, 3.63) is 0 Å². The predicted molar refractivity (Wildman–Crippen MR) is 71.0 cm³/mol. The number of carbonyl (C=O) groups excluding carboxylic acids is 2. The van der Waals surface area contributed by atoms with Crippen molar-refractivity contribution in [3.8, 4) is 0 Å². The summed E-state index contributed by atoms with van der Waals surface area (Å²) in [6.45, 7) is 9.20. The molecule has 0 bridgehead atoms. The van der Waals surface area contributed by atoms with Crippen molar-refractivity contribution in [2.24, 2.45) is 5.92 Å². The van der Waals surface area contributed by atoms with Gasteiger partial charge in [0.15, 0.2) is 0 Å². The molecule has 0 aromatic carbocycles. The summed E-state index contributed by atoms with van der Waals surface area (Å²) >= 11 is 1.42. The molecule has 4 nitrogen and oxygen atoms in total. The van der Waals surface area contributed by atoms with Gasteiger partial charge in [0.1, 0.15) is 11.6 Å². The van der Waals surface area contributed by atoms with Crippen LogP contribution >= 0.6 is 11.8 Å². The van der Waals surface area contributed by atoms with Gasteiger partial charge in [0.25, 0.3) is 0 Å². The molecule has 0 aliphatic carbocycles. The van der Waals surface area contributed by atoms with Crippen LogP contribution in [0.3, 0.4) is 0 Å². The summed E-state index contributed by atoms with van der Waals surface area (Å²) in [6, 6.07) is -0.575. The van der Waals surface area contributed by atoms with Crippen LogP contribution in [-0.2, 0) is 14.3 Å². The smallest absolute Gasteiger partial charge is 0.329 e. The molecule has 0 aromatic rings. The molecule has 100 valence electrons. The zero-order valence-electron chi connectivity index (χ0n) is 11.5. The molecule has 1 atom stereocenters. The molecule has 17 heavy (non-hydrogen) atoms. The summed E-state index contributed by atoms with van der Waals surface area (Å²) in [5, 5.41) is 2.71. The third-order valence-corrected chi connectivity index (χ3v) is 2.47. The van der Waals surface area contributed by atoms with Crippen LogP contribution in [0.5, 0.6) is 0 Å². The van der Waals surface area contributed by atoms with E-state index in [9.17, 15) is 9.59 Å². The summed E-state index contributed by atoms with van der Waals surface area (Å²) in [5.41, 5.74) is -0.533. The van der Waals surface area contributed by atoms with Crippen LogP contribution in [0.15, 0.2) is 0 Å². The summed E-state index contributed by atoms with van der Waals surface area (Å²) in [6.07, 6.45) is 1.84. The fraction of sp³-hybridized carbons (Fsp3) is 0.833. The van der Waals surface area contributed by atoms with Gasteiger partial charge in [-0.05, 0) is 32.9 Å². The highest BCUT2D eigenvalue weighted by molar-refractivity contribution is 7.99. The molecule has 0 unspecified atom stereocenters. The molecular weight excluding hydrogens is 238 g/mol. The largest absolute Gasteiger partial charge is 0.458 e. The number of nitrogens with one attached hydrogen (secondary N) is 1. The fourth-order valence-electron chi connectivity index (χ4n) is 1.21. The summed E-state index contributed by atoms with van der Waals surface area (Å²) in [4.78, 5) is 23.4. The van der Waals surface area contributed by atoms with Crippen molar-refractivity contribution in [1.29, 1.82) is 0 Å². The SMILES string of the molecule is CSCC(=O)N[C@H](C(=O)OC(C)(C)C)C(C)C. The Balaban J connectivity index is 4.53. The first-order valence-corrected chi connectivity index (χ1v) is 7.08. The van der Waals surface area contributed by atoms with E-state index in [1.807, 2.05) is 40.9 Å². The van der Waals surface area contributed by atoms with Gasteiger partial charge in [0.2, 0.25) is 5.91 Å². The zero-order chi connectivity index (χ0) is 13.6. The van der Waals surface area contributed by atoms with E-state index in [0.717, 1.165) is 0 Å². The highest BCUT2D eigenvalue weighted by atomic mass is 32.2. The number of ether oxygens (including phenoxy) is 1. The van der Waals surface area contributed by atoms with E-state index in [4.69, 9.17) is 4.74 Å². The van der Waals surface area contributed by atoms with Crippen LogP contribution in [0.2, 0.25) is 0 Å². The Morgan fingerprint density at radius 1 is 1.29 bits per heavy atom. The van der Waals surface area contributed by atoms with Crippen molar-refractivity contribution in [1.82, 2.24) is 5.32 Å². The maximum absolute atomic E-state index is 11.9. The van der Waals surface area contributed by atoms with Gasteiger partial charge in [-0.1, -0.05) is 13.8 Å². The lowest BCUT2D eigenvalue weighted by molar-refractivity contribution is -0.159. The van der Waals surface area contributed by atoms with E-state index in [2.05, 4.69) is 5.32 Å². The van der Waals surface area contributed by atoms with E-state index in [1.165, 1.54) is 11.8 Å². The van der Waals surface area contributed by atoms with Gasteiger partial charge < -0.3 is 10.1 Å². The number of thioether (sulfide) groups is 1. The Morgan fingerprint density at radius 2 is 1.82 bits per heavy atom. The van der Waals surface area contributed by atoms with E-state index in [0.29, 0.717) is 5.75 Å². The summed E-state index contributed by atoms with van der Waals surface area (Å²) < 4.78 is 5.28. The van der Waals surface area contributed by atoms with E-state index < -0.39 is 11.6 Å². The molecule has 0 fully saturated rings. The molecule has 0 spiro atoms. The normalized spacial score (nSPS) is 13.4. The van der Waals surface area contributed by atoms with Crippen LogP contribution in [-0.4, -0.2) is 35.5 Å². The number of hydrogen-bond donors (Lipinski definition) is 1. The minimum absolute atomic E-state index is 0.00987. The van der Waals surface area contributed by atoms with E-state index in [-0.39, 0.29) is 17.8 Å². The molecule has 0 saturated carbocycles. The molecule has 0 aliphatic heterocycles. The average Bonchev–Trinajstić information content (AvgIpc) is 2.11. The third-order valence-electron chi connectivity index (χ3n) is 1.92. The molecule has 1 N–H and O–H groups in total. The lowest BCUT2D eigenvalue weighted by atomic mass is 10.0. The second-order valence-corrected chi connectivity index (χ2v) is 6.12. The molecule has 0 aliphatic rings. The van der Waals surface area contributed by atoms with Gasteiger partial charge >= 0.3 is 5.97 Å². The third kappa shape index (κ3) is 7.26. The average molecular weight is 261 g/mol. The van der Waals surface area contributed by atoms with Crippen LogP contribution < -0.4 is 5.32 Å². The highest BCUT2D eigenvalue weighted by Crippen LogP contribution is 2.12. The van der Waals surface area contributed by atoms with Crippen molar-refractivity contribution in [2.75, 3.05) is 12.0 Å². The summed E-state index contributed by atoms with van der Waals surface area (Å²) in [5.74, 6) is -0.147. The first-order chi connectivity index (χ1) is 7.67. The second-order valence-electron chi connectivity index (χ2n) is 5.26. The minimum atomic E-state index is -0.575. The van der Waals surface area contributed by atoms with Crippen molar-refractivity contribution in [3.63, 3.8) is 0 Å². The Hall–Kier alpha value is -0.710. The molecule has 0 aromatic heterocycles. The quantitative estimate of drug-likeness (QED) is 0.767.